The summed E-state index contributed by atoms with van der Waals surface area (Å²) in [5, 5.41) is 7.29. The molecule has 0 saturated heterocycles. The van der Waals surface area contributed by atoms with E-state index in [0.29, 0.717) is 22.4 Å². The van der Waals surface area contributed by atoms with E-state index in [4.69, 9.17) is 27.5 Å². The van der Waals surface area contributed by atoms with Gasteiger partial charge in [0.2, 0.25) is 0 Å². The number of aryl methyl sites for hydroxylation is 2. The molecule has 0 radical (unpaired) electrons. The van der Waals surface area contributed by atoms with E-state index in [1.165, 1.54) is 7.11 Å². The van der Waals surface area contributed by atoms with Crippen LogP contribution in [0.5, 0.6) is 0 Å². The highest BCUT2D eigenvalue weighted by atomic mass is 35.5. The maximum absolute atomic E-state index is 11.7. The van der Waals surface area contributed by atoms with Gasteiger partial charge in [0.15, 0.2) is 0 Å². The molecule has 0 saturated carbocycles. The maximum Gasteiger partial charge on any atom is 0.338 e. The molecule has 0 heterocycles. The van der Waals surface area contributed by atoms with Crippen molar-refractivity contribution >= 4 is 28.4 Å². The van der Waals surface area contributed by atoms with Gasteiger partial charge in [-0.25, -0.2) is 4.79 Å². The summed E-state index contributed by atoms with van der Waals surface area (Å²) >= 11 is 5.64. The number of rotatable bonds is 3. The zero-order chi connectivity index (χ0) is 14.7. The number of carbonyl (C=O) groups excluding carboxylic acids is 1. The van der Waals surface area contributed by atoms with Gasteiger partial charge in [-0.1, -0.05) is 17.7 Å². The quantitative estimate of drug-likeness (QED) is 0.660. The molecule has 0 aliphatic carbocycles. The van der Waals surface area contributed by atoms with E-state index in [1.807, 2.05) is 19.9 Å². The molecule has 4 nitrogen and oxygen atoms in total. The van der Waals surface area contributed by atoms with Crippen LogP contribution in [-0.4, -0.2) is 18.2 Å². The fourth-order valence-corrected chi connectivity index (χ4v) is 1.89. The van der Waals surface area contributed by atoms with Crippen molar-refractivity contribution in [2.75, 3.05) is 7.11 Å². The van der Waals surface area contributed by atoms with Crippen LogP contribution in [0, 0.1) is 19.3 Å². The highest BCUT2D eigenvalue weighted by molar-refractivity contribution is 6.69. The van der Waals surface area contributed by atoms with Crippen LogP contribution in [0.2, 0.25) is 0 Å². The number of nitrogens with two attached hydrogens (primary N) is 1. The lowest BCUT2D eigenvalue weighted by Gasteiger charge is -2.13. The van der Waals surface area contributed by atoms with Gasteiger partial charge >= 0.3 is 5.97 Å². The van der Waals surface area contributed by atoms with Gasteiger partial charge in [-0.2, -0.15) is 0 Å². The van der Waals surface area contributed by atoms with E-state index in [1.54, 1.807) is 13.0 Å². The molecular formula is C14H17ClN2O2. The average molecular weight is 281 g/mol. The van der Waals surface area contributed by atoms with Crippen molar-refractivity contribution < 1.29 is 9.53 Å². The van der Waals surface area contributed by atoms with E-state index >= 15 is 0 Å². The number of halogens is 1. The number of methoxy groups -OCH3 is 1. The summed E-state index contributed by atoms with van der Waals surface area (Å²) in [6, 6.07) is 3.54. The van der Waals surface area contributed by atoms with Crippen LogP contribution in [0.3, 0.4) is 0 Å². The van der Waals surface area contributed by atoms with Gasteiger partial charge < -0.3 is 10.5 Å². The van der Waals surface area contributed by atoms with Crippen molar-refractivity contribution in [3.05, 3.63) is 40.0 Å². The van der Waals surface area contributed by atoms with Gasteiger partial charge in [0.05, 0.1) is 12.7 Å². The number of hydrogen-bond acceptors (Lipinski definition) is 4. The number of carbonyl (C=O) groups is 1. The summed E-state index contributed by atoms with van der Waals surface area (Å²) in [6.45, 7) is 5.39. The zero-order valence-electron chi connectivity index (χ0n) is 11.4. The van der Waals surface area contributed by atoms with Crippen LogP contribution in [0.15, 0.2) is 17.7 Å². The van der Waals surface area contributed by atoms with Crippen molar-refractivity contribution in [1.82, 2.24) is 0 Å². The van der Waals surface area contributed by atoms with Gasteiger partial charge in [0, 0.05) is 16.8 Å². The monoisotopic (exact) mass is 280 g/mol. The topological polar surface area (TPSA) is 76.2 Å². The molecule has 1 rings (SSSR count). The van der Waals surface area contributed by atoms with Crippen LogP contribution >= 0.6 is 11.6 Å². The lowest BCUT2D eigenvalue weighted by molar-refractivity contribution is 0.0600. The minimum Gasteiger partial charge on any atom is -0.465 e. The second-order valence-corrected chi connectivity index (χ2v) is 4.70. The zero-order valence-corrected chi connectivity index (χ0v) is 12.2. The first kappa shape index (κ1) is 15.2. The predicted molar refractivity (Wildman–Crippen MR) is 77.6 cm³/mol. The molecule has 0 bridgehead atoms. The molecule has 0 aliphatic heterocycles. The third-order valence-electron chi connectivity index (χ3n) is 3.00. The van der Waals surface area contributed by atoms with Gasteiger partial charge in [-0.3, -0.25) is 5.41 Å². The fourth-order valence-electron chi connectivity index (χ4n) is 1.79. The van der Waals surface area contributed by atoms with E-state index in [9.17, 15) is 4.79 Å². The molecule has 0 spiro atoms. The Hall–Kier alpha value is -1.81. The lowest BCUT2D eigenvalue weighted by atomic mass is 9.96. The Morgan fingerprint density at radius 2 is 1.79 bits per heavy atom. The van der Waals surface area contributed by atoms with Crippen molar-refractivity contribution in [1.29, 1.82) is 5.41 Å². The molecule has 0 atom stereocenters. The number of benzene rings is 1. The van der Waals surface area contributed by atoms with Crippen molar-refractivity contribution in [2.45, 2.75) is 20.8 Å². The molecule has 0 aromatic heterocycles. The molecule has 0 fully saturated rings. The first-order valence-corrected chi connectivity index (χ1v) is 6.08. The van der Waals surface area contributed by atoms with Gasteiger partial charge in [-0.05, 0) is 38.0 Å². The second kappa shape index (κ2) is 5.89. The molecule has 1 aromatic rings. The minimum atomic E-state index is -0.412. The summed E-state index contributed by atoms with van der Waals surface area (Å²) in [5.41, 5.74) is 9.75. The highest BCUT2D eigenvalue weighted by Crippen LogP contribution is 2.23. The van der Waals surface area contributed by atoms with Gasteiger partial charge in [-0.15, -0.1) is 0 Å². The molecular weight excluding hydrogens is 264 g/mol. The molecule has 19 heavy (non-hydrogen) atoms. The second-order valence-electron chi connectivity index (χ2n) is 4.33. The molecule has 0 aliphatic rings. The molecule has 5 heteroatoms. The number of hydrogen-bond donors (Lipinski definition) is 2. The van der Waals surface area contributed by atoms with Gasteiger partial charge in [0.25, 0.3) is 0 Å². The number of ether oxygens (including phenoxy) is 1. The van der Waals surface area contributed by atoms with Crippen LogP contribution in [0.25, 0.3) is 5.70 Å². The Morgan fingerprint density at radius 1 is 1.26 bits per heavy atom. The van der Waals surface area contributed by atoms with E-state index < -0.39 is 5.97 Å². The summed E-state index contributed by atoms with van der Waals surface area (Å²) < 4.78 is 4.74. The molecule has 3 N–H and O–H groups in total. The van der Waals surface area contributed by atoms with Crippen LogP contribution in [0.4, 0.5) is 0 Å². The van der Waals surface area contributed by atoms with Gasteiger partial charge in [0.1, 0.15) is 5.17 Å². The Labute approximate surface area is 117 Å². The van der Waals surface area contributed by atoms with Crippen molar-refractivity contribution in [3.63, 3.8) is 0 Å². The van der Waals surface area contributed by atoms with Crippen LogP contribution in [0.1, 0.15) is 34.0 Å². The Morgan fingerprint density at radius 3 is 2.26 bits per heavy atom. The Kier molecular flexibility index (Phi) is 4.72. The molecule has 102 valence electrons. The van der Waals surface area contributed by atoms with Crippen LogP contribution in [-0.2, 0) is 4.74 Å². The first-order valence-electron chi connectivity index (χ1n) is 5.70. The average Bonchev–Trinajstić information content (AvgIpc) is 2.36. The van der Waals surface area contributed by atoms with E-state index in [2.05, 4.69) is 0 Å². The van der Waals surface area contributed by atoms with Crippen molar-refractivity contribution in [2.24, 2.45) is 5.73 Å². The number of allylic oxidation sites excluding steroid dienone is 1. The third-order valence-corrected chi connectivity index (χ3v) is 3.28. The fraction of sp³-hybridized carbons (Fsp3) is 0.286. The van der Waals surface area contributed by atoms with E-state index in [0.717, 1.165) is 11.1 Å². The SMILES string of the molecule is COC(=O)c1cc(/C(N)=C(\C)C(=N)Cl)c(C)cc1C. The number of nitrogens with one attached hydrogen (secondary N) is 1. The van der Waals surface area contributed by atoms with Crippen molar-refractivity contribution in [3.8, 4) is 0 Å². The van der Waals surface area contributed by atoms with Crippen LogP contribution < -0.4 is 5.73 Å². The summed E-state index contributed by atoms with van der Waals surface area (Å²) in [5.74, 6) is -0.412. The molecule has 0 unspecified atom stereocenters. The Balaban J connectivity index is 3.50. The summed E-state index contributed by atoms with van der Waals surface area (Å²) in [7, 11) is 1.33. The maximum atomic E-state index is 11.7. The van der Waals surface area contributed by atoms with E-state index in [-0.39, 0.29) is 5.17 Å². The standard InChI is InChI=1S/C14H17ClN2O2/c1-7-5-8(2)11(14(18)19-4)6-10(7)12(16)9(3)13(15)17/h5-6,17H,16H2,1-4H3/b12-9-,17-13?. The smallest absolute Gasteiger partial charge is 0.338 e. The largest absolute Gasteiger partial charge is 0.465 e. The lowest BCUT2D eigenvalue weighted by Crippen LogP contribution is -2.10. The third kappa shape index (κ3) is 3.15. The molecule has 1 aromatic carbocycles. The molecule has 0 amide bonds. The minimum absolute atomic E-state index is 0.114. The number of esters is 1. The first-order chi connectivity index (χ1) is 8.79. The highest BCUT2D eigenvalue weighted by Gasteiger charge is 2.15. The predicted octanol–water partition coefficient (Wildman–Crippen LogP) is 3.00. The Bertz CT molecular complexity index is 577. The normalized spacial score (nSPS) is 11.8. The summed E-state index contributed by atoms with van der Waals surface area (Å²) in [4.78, 5) is 11.7. The summed E-state index contributed by atoms with van der Waals surface area (Å²) in [6.07, 6.45) is 0.